The molecule has 154 valence electrons. The van der Waals surface area contributed by atoms with Gasteiger partial charge in [0.2, 0.25) is 5.91 Å². The number of nitrogens with zero attached hydrogens (tertiary/aromatic N) is 1. The summed E-state index contributed by atoms with van der Waals surface area (Å²) in [5.41, 5.74) is 3.20. The molecule has 1 aliphatic heterocycles. The highest BCUT2D eigenvalue weighted by molar-refractivity contribution is 5.83. The highest BCUT2D eigenvalue weighted by atomic mass is 19.1. The fraction of sp³-hybridized carbons (Fsp3) is 0.435. The van der Waals surface area contributed by atoms with E-state index in [1.807, 2.05) is 6.07 Å². The Morgan fingerprint density at radius 3 is 2.45 bits per heavy atom. The summed E-state index contributed by atoms with van der Waals surface area (Å²) in [7, 11) is 0. The number of nitrogens with one attached hydrogen (secondary N) is 2. The number of hydrogen-bond donors (Lipinski definition) is 2. The Morgan fingerprint density at radius 2 is 1.76 bits per heavy atom. The highest BCUT2D eigenvalue weighted by Crippen LogP contribution is 2.22. The maximum atomic E-state index is 13.4. The second-order valence-electron chi connectivity index (χ2n) is 7.81. The number of amides is 1. The quantitative estimate of drug-likeness (QED) is 0.719. The maximum Gasteiger partial charge on any atom is 0.241 e. The van der Waals surface area contributed by atoms with Crippen molar-refractivity contribution >= 4 is 5.91 Å². The number of halogens is 1. The molecular formula is C23H28FN3O2. The summed E-state index contributed by atoms with van der Waals surface area (Å²) in [5, 5.41) is 6.47. The average Bonchev–Trinajstić information content (AvgIpc) is 3.55. The molecule has 1 heterocycles. The number of rotatable bonds is 8. The molecule has 0 aromatic heterocycles. The van der Waals surface area contributed by atoms with Crippen molar-refractivity contribution in [1.29, 1.82) is 0 Å². The Balaban J connectivity index is 1.46. The van der Waals surface area contributed by atoms with Crippen LogP contribution in [0.5, 0.6) is 0 Å². The molecule has 1 saturated carbocycles. The van der Waals surface area contributed by atoms with Gasteiger partial charge in [-0.3, -0.25) is 15.0 Å². The fourth-order valence-corrected chi connectivity index (χ4v) is 3.63. The van der Waals surface area contributed by atoms with Crippen LogP contribution in [0.1, 0.15) is 35.6 Å². The van der Waals surface area contributed by atoms with Crippen LogP contribution in [-0.4, -0.2) is 43.2 Å². The van der Waals surface area contributed by atoms with Gasteiger partial charge >= 0.3 is 0 Å². The molecule has 4 rings (SSSR count). The van der Waals surface area contributed by atoms with Gasteiger partial charge in [-0.2, -0.15) is 0 Å². The number of benzene rings is 2. The van der Waals surface area contributed by atoms with Crippen LogP contribution in [0.4, 0.5) is 4.39 Å². The van der Waals surface area contributed by atoms with Gasteiger partial charge in [0.05, 0.1) is 13.2 Å². The predicted molar refractivity (Wildman–Crippen MR) is 110 cm³/mol. The first kappa shape index (κ1) is 20.0. The Labute approximate surface area is 171 Å². The molecular weight excluding hydrogens is 369 g/mol. The van der Waals surface area contributed by atoms with Gasteiger partial charge in [0.1, 0.15) is 11.9 Å². The second-order valence-corrected chi connectivity index (χ2v) is 7.81. The summed E-state index contributed by atoms with van der Waals surface area (Å²) in [6, 6.07) is 14.3. The van der Waals surface area contributed by atoms with E-state index in [1.54, 1.807) is 12.1 Å². The number of hydrogen-bond acceptors (Lipinski definition) is 4. The minimum Gasteiger partial charge on any atom is -0.379 e. The van der Waals surface area contributed by atoms with Crippen LogP contribution in [0.2, 0.25) is 0 Å². The molecule has 1 atom stereocenters. The van der Waals surface area contributed by atoms with Crippen molar-refractivity contribution in [2.45, 2.75) is 38.0 Å². The maximum absolute atomic E-state index is 13.4. The molecule has 5 nitrogen and oxygen atoms in total. The van der Waals surface area contributed by atoms with E-state index in [9.17, 15) is 9.18 Å². The van der Waals surface area contributed by atoms with Crippen molar-refractivity contribution in [1.82, 2.24) is 15.5 Å². The lowest BCUT2D eigenvalue weighted by Gasteiger charge is -2.27. The number of carbonyl (C=O) groups is 1. The fourth-order valence-electron chi connectivity index (χ4n) is 3.63. The van der Waals surface area contributed by atoms with Crippen LogP contribution in [0.25, 0.3) is 0 Å². The van der Waals surface area contributed by atoms with Crippen LogP contribution in [0.15, 0.2) is 48.5 Å². The van der Waals surface area contributed by atoms with E-state index in [2.05, 4.69) is 33.7 Å². The zero-order chi connectivity index (χ0) is 20.1. The third kappa shape index (κ3) is 5.63. The van der Waals surface area contributed by atoms with E-state index < -0.39 is 6.04 Å². The van der Waals surface area contributed by atoms with E-state index in [1.165, 1.54) is 23.3 Å². The third-order valence-corrected chi connectivity index (χ3v) is 5.50. The molecule has 2 aliphatic rings. The first-order valence-electron chi connectivity index (χ1n) is 10.3. The van der Waals surface area contributed by atoms with Crippen molar-refractivity contribution in [3.63, 3.8) is 0 Å². The minimum absolute atomic E-state index is 0.0511. The molecule has 0 bridgehead atoms. The first-order valence-corrected chi connectivity index (χ1v) is 10.3. The zero-order valence-corrected chi connectivity index (χ0v) is 16.6. The summed E-state index contributed by atoms with van der Waals surface area (Å²) in [6.07, 6.45) is 2.06. The summed E-state index contributed by atoms with van der Waals surface area (Å²) in [4.78, 5) is 15.2. The van der Waals surface area contributed by atoms with E-state index in [0.717, 1.165) is 51.3 Å². The van der Waals surface area contributed by atoms with E-state index in [0.29, 0.717) is 6.54 Å². The lowest BCUT2D eigenvalue weighted by Crippen LogP contribution is -2.39. The van der Waals surface area contributed by atoms with Gasteiger partial charge in [-0.05, 0) is 41.7 Å². The molecule has 2 N–H and O–H groups in total. The highest BCUT2D eigenvalue weighted by Gasteiger charge is 2.28. The van der Waals surface area contributed by atoms with Crippen molar-refractivity contribution in [3.8, 4) is 0 Å². The molecule has 29 heavy (non-hydrogen) atoms. The average molecular weight is 397 g/mol. The van der Waals surface area contributed by atoms with Gasteiger partial charge in [-0.15, -0.1) is 0 Å². The van der Waals surface area contributed by atoms with E-state index in [-0.39, 0.29) is 17.8 Å². The minimum atomic E-state index is -0.507. The molecule has 1 aliphatic carbocycles. The predicted octanol–water partition coefficient (Wildman–Crippen LogP) is 2.77. The van der Waals surface area contributed by atoms with Crippen LogP contribution < -0.4 is 10.6 Å². The van der Waals surface area contributed by atoms with E-state index in [4.69, 9.17) is 4.74 Å². The van der Waals surface area contributed by atoms with Gasteiger partial charge in [-0.25, -0.2) is 4.39 Å². The summed E-state index contributed by atoms with van der Waals surface area (Å²) in [5.74, 6) is -0.351. The molecule has 0 spiro atoms. The largest absolute Gasteiger partial charge is 0.379 e. The van der Waals surface area contributed by atoms with Crippen molar-refractivity contribution in [2.75, 3.05) is 26.3 Å². The molecule has 1 saturated heterocycles. The van der Waals surface area contributed by atoms with Crippen LogP contribution >= 0.6 is 0 Å². The normalized spacial score (nSPS) is 18.4. The molecule has 6 heteroatoms. The van der Waals surface area contributed by atoms with Crippen molar-refractivity contribution in [3.05, 3.63) is 71.0 Å². The SMILES string of the molecule is O=C(NC1CC1)C(NCc1ccccc1CN1CCOCC1)c1ccc(F)cc1. The topological polar surface area (TPSA) is 53.6 Å². The molecule has 2 aromatic carbocycles. The number of ether oxygens (including phenoxy) is 1. The third-order valence-electron chi connectivity index (χ3n) is 5.50. The first-order chi connectivity index (χ1) is 14.2. The Hall–Kier alpha value is -2.28. The summed E-state index contributed by atoms with van der Waals surface area (Å²) in [6.45, 7) is 4.85. The van der Waals surface area contributed by atoms with Crippen LogP contribution in [0.3, 0.4) is 0 Å². The van der Waals surface area contributed by atoms with Gasteiger partial charge in [-0.1, -0.05) is 36.4 Å². The van der Waals surface area contributed by atoms with Crippen molar-refractivity contribution < 1.29 is 13.9 Å². The molecule has 2 aromatic rings. The Kier molecular flexibility index (Phi) is 6.54. The standard InChI is InChI=1S/C23H28FN3O2/c24-20-7-5-17(6-8-20)22(23(28)26-21-9-10-21)25-15-18-3-1-2-4-19(18)16-27-11-13-29-14-12-27/h1-8,21-22,25H,9-16H2,(H,26,28). The second kappa shape index (κ2) is 9.48. The zero-order valence-electron chi connectivity index (χ0n) is 16.6. The van der Waals surface area contributed by atoms with Crippen LogP contribution in [-0.2, 0) is 22.6 Å². The van der Waals surface area contributed by atoms with Gasteiger partial charge < -0.3 is 10.1 Å². The number of carbonyl (C=O) groups excluding carboxylic acids is 1. The monoisotopic (exact) mass is 397 g/mol. The Morgan fingerprint density at radius 1 is 1.07 bits per heavy atom. The number of morpholine rings is 1. The summed E-state index contributed by atoms with van der Waals surface area (Å²) < 4.78 is 18.8. The van der Waals surface area contributed by atoms with Gasteiger partial charge in [0.25, 0.3) is 0 Å². The smallest absolute Gasteiger partial charge is 0.241 e. The summed E-state index contributed by atoms with van der Waals surface area (Å²) >= 11 is 0. The Bertz CT molecular complexity index is 817. The lowest BCUT2D eigenvalue weighted by molar-refractivity contribution is -0.123. The molecule has 1 unspecified atom stereocenters. The lowest BCUT2D eigenvalue weighted by atomic mass is 10.0. The van der Waals surface area contributed by atoms with Gasteiger partial charge in [0, 0.05) is 32.2 Å². The molecule has 2 fully saturated rings. The van der Waals surface area contributed by atoms with Crippen molar-refractivity contribution in [2.24, 2.45) is 0 Å². The van der Waals surface area contributed by atoms with Gasteiger partial charge in [0.15, 0.2) is 0 Å². The van der Waals surface area contributed by atoms with Crippen LogP contribution in [0, 0.1) is 5.82 Å². The molecule has 1 amide bonds. The van der Waals surface area contributed by atoms with E-state index >= 15 is 0 Å². The molecule has 0 radical (unpaired) electrons.